The number of likely N-dealkylation sites (tertiary alicyclic amines) is 1. The smallest absolute Gasteiger partial charge is 0.284 e. The van der Waals surface area contributed by atoms with Gasteiger partial charge in [-0.3, -0.25) is 10.0 Å². The molecular formula is C24H38ClN3O6S. The van der Waals surface area contributed by atoms with Gasteiger partial charge in [-0.15, -0.1) is 4.58 Å². The van der Waals surface area contributed by atoms with E-state index < -0.39 is 20.7 Å². The summed E-state index contributed by atoms with van der Waals surface area (Å²) >= 11 is 5.58. The van der Waals surface area contributed by atoms with Gasteiger partial charge in [-0.25, -0.2) is 12.7 Å². The van der Waals surface area contributed by atoms with Gasteiger partial charge in [0.1, 0.15) is 5.75 Å². The SMILES string of the molecule is CCCCOc1ccc(C2CCN(S(=O)(=O)C3(C(=O)N(O)Cl)CCN(CCOC)CC3)CC2)cc1. The first kappa shape index (κ1) is 28.1. The fraction of sp³-hybridized carbons (Fsp3) is 0.708. The lowest BCUT2D eigenvalue weighted by Crippen LogP contribution is -2.61. The Morgan fingerprint density at radius 3 is 2.31 bits per heavy atom. The highest BCUT2D eigenvalue weighted by Crippen LogP contribution is 2.38. The predicted molar refractivity (Wildman–Crippen MR) is 134 cm³/mol. The Hall–Kier alpha value is -1.43. The van der Waals surface area contributed by atoms with Crippen molar-refractivity contribution in [2.45, 2.75) is 56.1 Å². The third-order valence-corrected chi connectivity index (χ3v) is 10.0. The number of carbonyl (C=O) groups is 1. The molecule has 0 spiro atoms. The van der Waals surface area contributed by atoms with Crippen molar-refractivity contribution < 1.29 is 27.9 Å². The summed E-state index contributed by atoms with van der Waals surface area (Å²) in [6.07, 6.45) is 3.55. The third-order valence-electron chi connectivity index (χ3n) is 7.24. The standard InChI is InChI=1S/C24H38ClN3O6S/c1-3-4-18-34-22-7-5-20(6-8-22)21-9-13-27(14-10-21)35(31,32)24(23(29)28(25)30)11-15-26(16-12-24)17-19-33-2/h5-8,21,30H,3-4,9-19H2,1-2H3. The molecule has 2 fully saturated rings. The van der Waals surface area contributed by atoms with E-state index in [0.29, 0.717) is 58.8 Å². The molecule has 9 nitrogen and oxygen atoms in total. The Labute approximate surface area is 214 Å². The number of benzene rings is 1. The molecule has 0 bridgehead atoms. The van der Waals surface area contributed by atoms with E-state index in [9.17, 15) is 18.4 Å². The molecular weight excluding hydrogens is 494 g/mol. The number of sulfonamides is 1. The first-order valence-electron chi connectivity index (χ1n) is 12.4. The second-order valence-corrected chi connectivity index (χ2v) is 11.9. The Morgan fingerprint density at radius 2 is 1.77 bits per heavy atom. The fourth-order valence-corrected chi connectivity index (χ4v) is 7.36. The van der Waals surface area contributed by atoms with Crippen LogP contribution >= 0.6 is 11.8 Å². The Kier molecular flexibility index (Phi) is 10.2. The number of hydroxylamine groups is 1. The van der Waals surface area contributed by atoms with Crippen molar-refractivity contribution in [2.75, 3.05) is 53.0 Å². The molecule has 1 amide bonds. The van der Waals surface area contributed by atoms with Crippen LogP contribution in [0, 0.1) is 0 Å². The number of carbonyl (C=O) groups excluding carboxylic acids is 1. The van der Waals surface area contributed by atoms with Crippen LogP contribution in [0.15, 0.2) is 24.3 Å². The maximum Gasteiger partial charge on any atom is 0.284 e. The summed E-state index contributed by atoms with van der Waals surface area (Å²) in [5.41, 5.74) is 1.16. The van der Waals surface area contributed by atoms with Crippen molar-refractivity contribution in [1.82, 2.24) is 13.8 Å². The average molecular weight is 532 g/mol. The highest BCUT2D eigenvalue weighted by Gasteiger charge is 2.56. The highest BCUT2D eigenvalue weighted by molar-refractivity contribution is 7.91. The molecule has 0 saturated carbocycles. The number of piperidine rings is 2. The van der Waals surface area contributed by atoms with Gasteiger partial charge in [0, 0.05) is 51.6 Å². The number of methoxy groups -OCH3 is 1. The van der Waals surface area contributed by atoms with E-state index in [0.717, 1.165) is 24.2 Å². The van der Waals surface area contributed by atoms with Gasteiger partial charge in [0.15, 0.2) is 4.75 Å². The lowest BCUT2D eigenvalue weighted by Gasteiger charge is -2.43. The number of unbranched alkanes of at least 4 members (excludes halogenated alkanes) is 1. The number of hydrogen-bond acceptors (Lipinski definition) is 7. The second kappa shape index (κ2) is 12.7. The van der Waals surface area contributed by atoms with Crippen LogP contribution in [0.25, 0.3) is 0 Å². The fourth-order valence-electron chi connectivity index (χ4n) is 4.96. The first-order chi connectivity index (χ1) is 16.7. The molecule has 1 aromatic rings. The van der Waals surface area contributed by atoms with Crippen LogP contribution < -0.4 is 4.74 Å². The third kappa shape index (κ3) is 6.47. The zero-order chi connectivity index (χ0) is 25.5. The van der Waals surface area contributed by atoms with Crippen LogP contribution in [0.3, 0.4) is 0 Å². The number of nitrogens with zero attached hydrogens (tertiary/aromatic N) is 3. The molecule has 198 valence electrons. The topological polar surface area (TPSA) is 99.6 Å². The summed E-state index contributed by atoms with van der Waals surface area (Å²) in [5, 5.41) is 9.71. The van der Waals surface area contributed by atoms with Crippen LogP contribution in [-0.4, -0.2) is 91.1 Å². The number of hydrogen-bond donors (Lipinski definition) is 1. The van der Waals surface area contributed by atoms with Gasteiger partial charge < -0.3 is 14.4 Å². The highest BCUT2D eigenvalue weighted by atomic mass is 35.5. The minimum atomic E-state index is -4.04. The zero-order valence-electron chi connectivity index (χ0n) is 20.7. The van der Waals surface area contributed by atoms with Crippen LogP contribution in [-0.2, 0) is 19.6 Å². The quantitative estimate of drug-likeness (QED) is 0.202. The van der Waals surface area contributed by atoms with Gasteiger partial charge in [0.25, 0.3) is 5.91 Å². The predicted octanol–water partition coefficient (Wildman–Crippen LogP) is 3.23. The molecule has 35 heavy (non-hydrogen) atoms. The molecule has 2 aliphatic heterocycles. The Balaban J connectivity index is 1.67. The van der Waals surface area contributed by atoms with E-state index in [1.54, 1.807) is 7.11 Å². The lowest BCUT2D eigenvalue weighted by molar-refractivity contribution is -0.150. The minimum absolute atomic E-state index is 0.0705. The number of halogens is 1. The molecule has 1 N–H and O–H groups in total. The number of rotatable bonds is 11. The molecule has 11 heteroatoms. The molecule has 3 rings (SSSR count). The van der Waals surface area contributed by atoms with Gasteiger partial charge in [-0.05, 0) is 55.7 Å². The van der Waals surface area contributed by atoms with Crippen molar-refractivity contribution >= 4 is 27.7 Å². The average Bonchev–Trinajstić information content (AvgIpc) is 2.88. The Morgan fingerprint density at radius 1 is 1.14 bits per heavy atom. The monoisotopic (exact) mass is 531 g/mol. The van der Waals surface area contributed by atoms with Crippen LogP contribution in [0.2, 0.25) is 0 Å². The second-order valence-electron chi connectivity index (χ2n) is 9.34. The van der Waals surface area contributed by atoms with E-state index >= 15 is 0 Å². The first-order valence-corrected chi connectivity index (χ1v) is 14.2. The maximum atomic E-state index is 13.8. The lowest BCUT2D eigenvalue weighted by atomic mass is 9.90. The largest absolute Gasteiger partial charge is 0.494 e. The summed E-state index contributed by atoms with van der Waals surface area (Å²) in [7, 11) is -2.43. The summed E-state index contributed by atoms with van der Waals surface area (Å²) in [4.78, 5) is 15.0. The Bertz CT molecular complexity index is 912. The summed E-state index contributed by atoms with van der Waals surface area (Å²) in [5.74, 6) is 0.0940. The number of amides is 1. The molecule has 0 unspecified atom stereocenters. The molecule has 2 saturated heterocycles. The molecule has 1 aromatic carbocycles. The van der Waals surface area contributed by atoms with Crippen molar-refractivity contribution in [3.8, 4) is 5.75 Å². The van der Waals surface area contributed by atoms with Crippen LogP contribution in [0.1, 0.15) is 56.9 Å². The van der Waals surface area contributed by atoms with Crippen LogP contribution in [0.5, 0.6) is 5.75 Å². The van der Waals surface area contributed by atoms with E-state index in [4.69, 9.17) is 21.3 Å². The number of ether oxygens (including phenoxy) is 2. The van der Waals surface area contributed by atoms with E-state index in [-0.39, 0.29) is 23.3 Å². The van der Waals surface area contributed by atoms with Crippen LogP contribution in [0.4, 0.5) is 0 Å². The van der Waals surface area contributed by atoms with Crippen molar-refractivity contribution in [3.05, 3.63) is 29.8 Å². The van der Waals surface area contributed by atoms with Gasteiger partial charge in [0.05, 0.1) is 13.2 Å². The summed E-state index contributed by atoms with van der Waals surface area (Å²) < 4.78 is 38.0. The van der Waals surface area contributed by atoms with E-state index in [1.807, 2.05) is 24.3 Å². The molecule has 0 atom stereocenters. The van der Waals surface area contributed by atoms with Gasteiger partial charge >= 0.3 is 0 Å². The molecule has 0 aromatic heterocycles. The van der Waals surface area contributed by atoms with Gasteiger partial charge in [0.2, 0.25) is 10.0 Å². The van der Waals surface area contributed by atoms with Crippen molar-refractivity contribution in [1.29, 1.82) is 0 Å². The summed E-state index contributed by atoms with van der Waals surface area (Å²) in [6.45, 7) is 5.44. The van der Waals surface area contributed by atoms with Crippen molar-refractivity contribution in [3.63, 3.8) is 0 Å². The molecule has 0 aliphatic carbocycles. The van der Waals surface area contributed by atoms with Crippen molar-refractivity contribution in [2.24, 2.45) is 0 Å². The zero-order valence-corrected chi connectivity index (χ0v) is 22.3. The maximum absolute atomic E-state index is 13.8. The summed E-state index contributed by atoms with van der Waals surface area (Å²) in [6, 6.07) is 8.03. The molecule has 2 heterocycles. The van der Waals surface area contributed by atoms with Gasteiger partial charge in [-0.2, -0.15) is 0 Å². The normalized spacial score (nSPS) is 20.0. The van der Waals surface area contributed by atoms with Gasteiger partial charge in [-0.1, -0.05) is 25.5 Å². The molecule has 2 aliphatic rings. The van der Waals surface area contributed by atoms with E-state index in [2.05, 4.69) is 11.8 Å². The minimum Gasteiger partial charge on any atom is -0.494 e. The van der Waals surface area contributed by atoms with E-state index in [1.165, 1.54) is 4.31 Å². The molecule has 0 radical (unpaired) electrons.